The molecule has 2 atom stereocenters. The highest BCUT2D eigenvalue weighted by Crippen LogP contribution is 2.40. The summed E-state index contributed by atoms with van der Waals surface area (Å²) in [4.78, 5) is 5.83. The van der Waals surface area contributed by atoms with E-state index in [2.05, 4.69) is 18.8 Å². The summed E-state index contributed by atoms with van der Waals surface area (Å²) in [5.41, 5.74) is 0. The molecule has 17 heavy (non-hydrogen) atoms. The fourth-order valence-electron chi connectivity index (χ4n) is 2.79. The Bertz CT molecular complexity index is 363. The minimum atomic E-state index is -0.177. The maximum Gasteiger partial charge on any atom is 0.0904 e. The van der Waals surface area contributed by atoms with E-state index < -0.39 is 0 Å². The van der Waals surface area contributed by atoms with Crippen LogP contribution in [0.5, 0.6) is 0 Å². The SMILES string of the molecule is [B]C1(c2ncc(C)s2)CCCCCCCC1C. The van der Waals surface area contributed by atoms with Gasteiger partial charge in [-0.25, -0.2) is 4.98 Å². The van der Waals surface area contributed by atoms with Gasteiger partial charge in [0.15, 0.2) is 0 Å². The molecule has 1 aliphatic rings. The molecule has 0 amide bonds. The molecule has 0 aromatic carbocycles. The van der Waals surface area contributed by atoms with Crippen LogP contribution in [0.4, 0.5) is 0 Å². The molecule has 1 heterocycles. The molecule has 0 bridgehead atoms. The van der Waals surface area contributed by atoms with Crippen LogP contribution in [0.15, 0.2) is 6.20 Å². The molecule has 3 heteroatoms. The van der Waals surface area contributed by atoms with Crippen LogP contribution in [0.3, 0.4) is 0 Å². The van der Waals surface area contributed by atoms with Crippen LogP contribution in [0, 0.1) is 12.8 Å². The number of nitrogens with zero attached hydrogens (tertiary/aromatic N) is 1. The Labute approximate surface area is 110 Å². The summed E-state index contributed by atoms with van der Waals surface area (Å²) in [5.74, 6) is 0.547. The second kappa shape index (κ2) is 5.56. The first kappa shape index (κ1) is 13.1. The predicted octanol–water partition coefficient (Wildman–Crippen LogP) is 4.20. The molecule has 1 fully saturated rings. The van der Waals surface area contributed by atoms with Gasteiger partial charge in [-0.2, -0.15) is 0 Å². The Hall–Kier alpha value is -0.305. The summed E-state index contributed by atoms with van der Waals surface area (Å²) in [7, 11) is 6.72. The lowest BCUT2D eigenvalue weighted by molar-refractivity contribution is 0.351. The first-order chi connectivity index (χ1) is 8.13. The standard InChI is InChI=1S/C14H22BNS/c1-11-8-6-4-3-5-7-9-14(11,15)13-16-10-12(2)17-13/h10-11H,3-9H2,1-2H3. The van der Waals surface area contributed by atoms with E-state index in [0.29, 0.717) is 5.92 Å². The van der Waals surface area contributed by atoms with Crippen LogP contribution in [-0.4, -0.2) is 12.8 Å². The van der Waals surface area contributed by atoms with E-state index in [0.717, 1.165) is 11.4 Å². The Morgan fingerprint density at radius 2 is 2.00 bits per heavy atom. The van der Waals surface area contributed by atoms with Gasteiger partial charge in [-0.15, -0.1) is 11.3 Å². The van der Waals surface area contributed by atoms with Gasteiger partial charge in [-0.1, -0.05) is 45.4 Å². The molecule has 0 aliphatic heterocycles. The highest BCUT2D eigenvalue weighted by atomic mass is 32.1. The molecule has 1 aromatic heterocycles. The third-order valence-electron chi connectivity index (χ3n) is 4.13. The van der Waals surface area contributed by atoms with Crippen molar-refractivity contribution >= 4 is 19.2 Å². The lowest BCUT2D eigenvalue weighted by Gasteiger charge is -2.34. The molecule has 92 valence electrons. The van der Waals surface area contributed by atoms with E-state index >= 15 is 0 Å². The van der Waals surface area contributed by atoms with E-state index in [4.69, 9.17) is 7.85 Å². The Kier molecular flexibility index (Phi) is 4.29. The van der Waals surface area contributed by atoms with Crippen molar-refractivity contribution in [1.82, 2.24) is 4.98 Å². The Morgan fingerprint density at radius 3 is 2.71 bits per heavy atom. The third-order valence-corrected chi connectivity index (χ3v) is 5.23. The van der Waals surface area contributed by atoms with Crippen LogP contribution in [-0.2, 0) is 5.31 Å². The summed E-state index contributed by atoms with van der Waals surface area (Å²) in [6, 6.07) is 0. The van der Waals surface area contributed by atoms with Crippen molar-refractivity contribution in [2.75, 3.05) is 0 Å². The molecule has 0 spiro atoms. The molecular weight excluding hydrogens is 225 g/mol. The molecule has 1 aromatic rings. The summed E-state index contributed by atoms with van der Waals surface area (Å²) in [5, 5.41) is 0.980. The van der Waals surface area contributed by atoms with Crippen molar-refractivity contribution in [2.45, 2.75) is 64.1 Å². The summed E-state index contributed by atoms with van der Waals surface area (Å²) >= 11 is 1.78. The zero-order valence-corrected chi connectivity index (χ0v) is 11.9. The first-order valence-electron chi connectivity index (χ1n) is 6.85. The van der Waals surface area contributed by atoms with Crippen molar-refractivity contribution in [2.24, 2.45) is 5.92 Å². The van der Waals surface area contributed by atoms with E-state index in [1.54, 1.807) is 11.3 Å². The van der Waals surface area contributed by atoms with Gasteiger partial charge < -0.3 is 0 Å². The number of thiazole rings is 1. The molecular formula is C14H22BNS. The Morgan fingerprint density at radius 1 is 1.29 bits per heavy atom. The fourth-order valence-corrected chi connectivity index (χ4v) is 3.80. The normalized spacial score (nSPS) is 31.5. The van der Waals surface area contributed by atoms with Crippen LogP contribution in [0.1, 0.15) is 61.8 Å². The second-order valence-electron chi connectivity index (χ2n) is 5.52. The second-order valence-corrected chi connectivity index (χ2v) is 6.76. The average Bonchev–Trinajstić information content (AvgIpc) is 2.75. The number of aryl methyl sites for hydroxylation is 1. The van der Waals surface area contributed by atoms with Crippen molar-refractivity contribution in [1.29, 1.82) is 0 Å². The van der Waals surface area contributed by atoms with E-state index in [9.17, 15) is 0 Å². The maximum atomic E-state index is 6.72. The molecule has 1 aliphatic carbocycles. The summed E-state index contributed by atoms with van der Waals surface area (Å²) in [6.45, 7) is 4.42. The van der Waals surface area contributed by atoms with E-state index in [1.165, 1.54) is 43.4 Å². The monoisotopic (exact) mass is 247 g/mol. The molecule has 2 unspecified atom stereocenters. The molecule has 1 saturated carbocycles. The minimum absolute atomic E-state index is 0.177. The van der Waals surface area contributed by atoms with Crippen LogP contribution < -0.4 is 0 Å². The number of hydrogen-bond donors (Lipinski definition) is 0. The first-order valence-corrected chi connectivity index (χ1v) is 7.66. The van der Waals surface area contributed by atoms with E-state index in [1.807, 2.05) is 6.20 Å². The fraction of sp³-hybridized carbons (Fsp3) is 0.786. The van der Waals surface area contributed by atoms with Gasteiger partial charge in [-0.05, 0) is 24.6 Å². The van der Waals surface area contributed by atoms with Gasteiger partial charge in [0.05, 0.1) is 12.9 Å². The van der Waals surface area contributed by atoms with Gasteiger partial charge >= 0.3 is 0 Å². The number of aromatic nitrogens is 1. The smallest absolute Gasteiger partial charge is 0.0904 e. The van der Waals surface area contributed by atoms with Crippen LogP contribution >= 0.6 is 11.3 Å². The van der Waals surface area contributed by atoms with Crippen LogP contribution in [0.2, 0.25) is 0 Å². The summed E-state index contributed by atoms with van der Waals surface area (Å²) < 4.78 is 0. The third kappa shape index (κ3) is 2.93. The highest BCUT2D eigenvalue weighted by molar-refractivity contribution is 7.11. The van der Waals surface area contributed by atoms with Crippen molar-refractivity contribution in [3.8, 4) is 0 Å². The zero-order valence-electron chi connectivity index (χ0n) is 11.0. The summed E-state index contributed by atoms with van der Waals surface area (Å²) in [6.07, 6.45) is 11.0. The maximum absolute atomic E-state index is 6.72. The lowest BCUT2D eigenvalue weighted by Crippen LogP contribution is -2.34. The van der Waals surface area contributed by atoms with Gasteiger partial charge in [0.2, 0.25) is 0 Å². The topological polar surface area (TPSA) is 12.9 Å². The molecule has 1 nitrogen and oxygen atoms in total. The van der Waals surface area contributed by atoms with Gasteiger partial charge in [-0.3, -0.25) is 0 Å². The highest BCUT2D eigenvalue weighted by Gasteiger charge is 2.34. The Balaban J connectivity index is 2.22. The molecule has 0 saturated heterocycles. The van der Waals surface area contributed by atoms with Gasteiger partial charge in [0.25, 0.3) is 0 Å². The van der Waals surface area contributed by atoms with E-state index in [-0.39, 0.29) is 5.31 Å². The largest absolute Gasteiger partial charge is 0.250 e. The minimum Gasteiger partial charge on any atom is -0.250 e. The quantitative estimate of drug-likeness (QED) is 0.678. The van der Waals surface area contributed by atoms with Crippen LogP contribution in [0.25, 0.3) is 0 Å². The zero-order chi connectivity index (χ0) is 12.3. The lowest BCUT2D eigenvalue weighted by atomic mass is 9.58. The average molecular weight is 247 g/mol. The number of rotatable bonds is 1. The van der Waals surface area contributed by atoms with Gasteiger partial charge in [0, 0.05) is 11.1 Å². The predicted molar refractivity (Wildman–Crippen MR) is 75.8 cm³/mol. The van der Waals surface area contributed by atoms with Crippen molar-refractivity contribution in [3.05, 3.63) is 16.1 Å². The van der Waals surface area contributed by atoms with Crippen molar-refractivity contribution < 1.29 is 0 Å². The number of hydrogen-bond acceptors (Lipinski definition) is 2. The molecule has 2 radical (unpaired) electrons. The van der Waals surface area contributed by atoms with Gasteiger partial charge in [0.1, 0.15) is 0 Å². The molecule has 0 N–H and O–H groups in total. The van der Waals surface area contributed by atoms with Crippen molar-refractivity contribution in [3.63, 3.8) is 0 Å². The molecule has 2 rings (SSSR count).